The fourth-order valence-electron chi connectivity index (χ4n) is 3.50. The van der Waals surface area contributed by atoms with Crippen LogP contribution in [0.15, 0.2) is 24.4 Å². The normalized spacial score (nSPS) is 10.9. The molecule has 0 aliphatic rings. The van der Waals surface area contributed by atoms with Gasteiger partial charge < -0.3 is 10.6 Å². The Kier molecular flexibility index (Phi) is 9.51. The summed E-state index contributed by atoms with van der Waals surface area (Å²) in [7, 11) is 1.78. The summed E-state index contributed by atoms with van der Waals surface area (Å²) in [5, 5.41) is 4.39. The van der Waals surface area contributed by atoms with E-state index in [2.05, 4.69) is 17.0 Å². The van der Waals surface area contributed by atoms with Crippen molar-refractivity contribution in [2.45, 2.75) is 65.2 Å². The number of carbonyl (C=O) groups excluding carboxylic acids is 2. The minimum absolute atomic E-state index is 0.0592. The van der Waals surface area contributed by atoms with Crippen LogP contribution in [0.2, 0.25) is 0 Å². The van der Waals surface area contributed by atoms with Gasteiger partial charge in [0.05, 0.1) is 17.0 Å². The largest absolute Gasteiger partial charge is 0.366 e. The molecule has 0 aliphatic carbocycles. The van der Waals surface area contributed by atoms with Crippen molar-refractivity contribution in [3.8, 4) is 11.4 Å². The number of hydrogen-bond acceptors (Lipinski definition) is 4. The second kappa shape index (κ2) is 12.1. The quantitative estimate of drug-likeness (QED) is 0.498. The van der Waals surface area contributed by atoms with E-state index in [-0.39, 0.29) is 5.91 Å². The van der Waals surface area contributed by atoms with Gasteiger partial charge in [-0.25, -0.2) is 0 Å². The van der Waals surface area contributed by atoms with Crippen molar-refractivity contribution in [2.24, 2.45) is 12.8 Å². The maximum absolute atomic E-state index is 12.9. The van der Waals surface area contributed by atoms with E-state index >= 15 is 0 Å². The average molecular weight is 414 g/mol. The molecule has 0 fully saturated rings. The first kappa shape index (κ1) is 23.6. The first-order chi connectivity index (χ1) is 14.5. The van der Waals surface area contributed by atoms with Crippen LogP contribution < -0.4 is 5.73 Å². The third kappa shape index (κ3) is 6.68. The number of nitrogens with two attached hydrogens (primary N) is 1. The van der Waals surface area contributed by atoms with Crippen LogP contribution in [-0.2, 0) is 7.05 Å². The number of rotatable bonds is 13. The maximum atomic E-state index is 12.9. The van der Waals surface area contributed by atoms with Crippen molar-refractivity contribution in [2.75, 3.05) is 13.1 Å². The standard InChI is InChI=1S/C23H35N5O2/c1-4-6-7-8-9-10-11-12-15-28(5-2)23(30)20-16-21(27(3)26-20)19-14-13-18(17-25-19)22(24)29/h13-14,16-17H,4-12,15H2,1-3H3,(H2,24,29). The Labute approximate surface area is 179 Å². The second-order valence-corrected chi connectivity index (χ2v) is 7.69. The zero-order valence-electron chi connectivity index (χ0n) is 18.6. The average Bonchev–Trinajstić information content (AvgIpc) is 3.14. The molecule has 0 bridgehead atoms. The molecule has 0 unspecified atom stereocenters. The molecule has 0 saturated carbocycles. The second-order valence-electron chi connectivity index (χ2n) is 7.69. The van der Waals surface area contributed by atoms with E-state index in [9.17, 15) is 9.59 Å². The Morgan fingerprint density at radius 2 is 1.70 bits per heavy atom. The van der Waals surface area contributed by atoms with E-state index < -0.39 is 5.91 Å². The van der Waals surface area contributed by atoms with Crippen molar-refractivity contribution in [3.05, 3.63) is 35.7 Å². The Bertz CT molecular complexity index is 814. The van der Waals surface area contributed by atoms with E-state index in [1.807, 2.05) is 11.8 Å². The van der Waals surface area contributed by atoms with E-state index in [1.54, 1.807) is 29.9 Å². The summed E-state index contributed by atoms with van der Waals surface area (Å²) < 4.78 is 1.64. The van der Waals surface area contributed by atoms with Gasteiger partial charge in [-0.1, -0.05) is 51.9 Å². The van der Waals surface area contributed by atoms with Crippen molar-refractivity contribution in [3.63, 3.8) is 0 Å². The number of unbranched alkanes of at least 4 members (excludes halogenated alkanes) is 7. The summed E-state index contributed by atoms with van der Waals surface area (Å²) in [6.07, 6.45) is 11.4. The first-order valence-electron chi connectivity index (χ1n) is 11.1. The van der Waals surface area contributed by atoms with Crippen LogP contribution in [0, 0.1) is 0 Å². The third-order valence-corrected chi connectivity index (χ3v) is 5.36. The summed E-state index contributed by atoms with van der Waals surface area (Å²) in [5.41, 5.74) is 7.38. The highest BCUT2D eigenvalue weighted by molar-refractivity contribution is 5.94. The molecule has 7 heteroatoms. The molecule has 2 aromatic heterocycles. The fraction of sp³-hybridized carbons (Fsp3) is 0.565. The summed E-state index contributed by atoms with van der Waals surface area (Å²) in [5.74, 6) is -0.578. The fourth-order valence-corrected chi connectivity index (χ4v) is 3.50. The molecule has 0 spiro atoms. The molecule has 2 amide bonds. The Morgan fingerprint density at radius 3 is 2.27 bits per heavy atom. The minimum Gasteiger partial charge on any atom is -0.366 e. The SMILES string of the molecule is CCCCCCCCCCN(CC)C(=O)c1cc(-c2ccc(C(N)=O)cn2)n(C)n1. The molecule has 2 aromatic rings. The summed E-state index contributed by atoms with van der Waals surface area (Å²) in [6.45, 7) is 5.64. The van der Waals surface area contributed by atoms with Gasteiger partial charge in [0, 0.05) is 26.3 Å². The molecule has 0 radical (unpaired) electrons. The zero-order chi connectivity index (χ0) is 21.9. The zero-order valence-corrected chi connectivity index (χ0v) is 18.6. The van der Waals surface area contributed by atoms with Crippen LogP contribution in [0.1, 0.15) is 86.1 Å². The number of aryl methyl sites for hydroxylation is 1. The number of nitrogens with zero attached hydrogens (tertiary/aromatic N) is 4. The third-order valence-electron chi connectivity index (χ3n) is 5.36. The Morgan fingerprint density at radius 1 is 1.03 bits per heavy atom. The lowest BCUT2D eigenvalue weighted by Crippen LogP contribution is -2.32. The highest BCUT2D eigenvalue weighted by atomic mass is 16.2. The molecule has 2 N–H and O–H groups in total. The molecule has 0 aromatic carbocycles. The smallest absolute Gasteiger partial charge is 0.274 e. The Balaban J connectivity index is 1.92. The van der Waals surface area contributed by atoms with Crippen LogP contribution in [0.3, 0.4) is 0 Å². The van der Waals surface area contributed by atoms with E-state index in [0.717, 1.165) is 25.1 Å². The molecule has 0 saturated heterocycles. The van der Waals surface area contributed by atoms with Crippen molar-refractivity contribution < 1.29 is 9.59 Å². The van der Waals surface area contributed by atoms with Crippen LogP contribution in [0.5, 0.6) is 0 Å². The molecule has 0 aliphatic heterocycles. The molecular formula is C23H35N5O2. The van der Waals surface area contributed by atoms with E-state index in [0.29, 0.717) is 23.5 Å². The van der Waals surface area contributed by atoms with Crippen LogP contribution in [0.4, 0.5) is 0 Å². The minimum atomic E-state index is -0.519. The lowest BCUT2D eigenvalue weighted by molar-refractivity contribution is 0.0754. The van der Waals surface area contributed by atoms with Crippen LogP contribution >= 0.6 is 0 Å². The number of hydrogen-bond donors (Lipinski definition) is 1. The summed E-state index contributed by atoms with van der Waals surface area (Å²) in [6, 6.07) is 5.09. The van der Waals surface area contributed by atoms with Crippen molar-refractivity contribution in [1.82, 2.24) is 19.7 Å². The Hall–Kier alpha value is -2.70. The number of amides is 2. The molecule has 2 heterocycles. The van der Waals surface area contributed by atoms with Crippen LogP contribution in [0.25, 0.3) is 11.4 Å². The van der Waals surface area contributed by atoms with Crippen molar-refractivity contribution >= 4 is 11.8 Å². The van der Waals surface area contributed by atoms with Gasteiger partial charge in [-0.2, -0.15) is 5.10 Å². The van der Waals surface area contributed by atoms with Gasteiger partial charge in [0.1, 0.15) is 0 Å². The predicted molar refractivity (Wildman–Crippen MR) is 119 cm³/mol. The van der Waals surface area contributed by atoms with Gasteiger partial charge in [-0.3, -0.25) is 19.3 Å². The summed E-state index contributed by atoms with van der Waals surface area (Å²) >= 11 is 0. The van der Waals surface area contributed by atoms with Gasteiger partial charge in [0.2, 0.25) is 5.91 Å². The lowest BCUT2D eigenvalue weighted by atomic mass is 10.1. The molecule has 30 heavy (non-hydrogen) atoms. The van der Waals surface area contributed by atoms with Gasteiger partial charge in [0.25, 0.3) is 5.91 Å². The van der Waals surface area contributed by atoms with Crippen molar-refractivity contribution in [1.29, 1.82) is 0 Å². The van der Waals surface area contributed by atoms with E-state index in [4.69, 9.17) is 5.73 Å². The van der Waals surface area contributed by atoms with Gasteiger partial charge in [-0.15, -0.1) is 0 Å². The number of pyridine rings is 1. The number of carbonyl (C=O) groups is 2. The van der Waals surface area contributed by atoms with E-state index in [1.165, 1.54) is 44.7 Å². The highest BCUT2D eigenvalue weighted by Gasteiger charge is 2.19. The number of primary amides is 1. The predicted octanol–water partition coefficient (Wildman–Crippen LogP) is 4.18. The first-order valence-corrected chi connectivity index (χ1v) is 11.1. The monoisotopic (exact) mass is 413 g/mol. The molecular weight excluding hydrogens is 378 g/mol. The van der Waals surface area contributed by atoms with Gasteiger partial charge in [-0.05, 0) is 31.5 Å². The summed E-state index contributed by atoms with van der Waals surface area (Å²) in [4.78, 5) is 30.3. The van der Waals surface area contributed by atoms with Gasteiger partial charge >= 0.3 is 0 Å². The highest BCUT2D eigenvalue weighted by Crippen LogP contribution is 2.19. The van der Waals surface area contributed by atoms with Gasteiger partial charge in [0.15, 0.2) is 5.69 Å². The molecule has 7 nitrogen and oxygen atoms in total. The molecule has 2 rings (SSSR count). The number of aromatic nitrogens is 3. The molecule has 0 atom stereocenters. The van der Waals surface area contributed by atoms with Crippen LogP contribution in [-0.4, -0.2) is 44.6 Å². The maximum Gasteiger partial charge on any atom is 0.274 e. The lowest BCUT2D eigenvalue weighted by Gasteiger charge is -2.19. The topological polar surface area (TPSA) is 94.1 Å². The molecule has 164 valence electrons.